The molecule has 2 aliphatic rings. The van der Waals surface area contributed by atoms with Crippen LogP contribution in [-0.4, -0.2) is 42.1 Å². The molecule has 4 rings (SSSR count). The molecule has 3 N–H and O–H groups in total. The first kappa shape index (κ1) is 22.3. The Labute approximate surface area is 189 Å². The summed E-state index contributed by atoms with van der Waals surface area (Å²) in [7, 11) is 0. The van der Waals surface area contributed by atoms with Crippen molar-refractivity contribution in [1.82, 2.24) is 10.9 Å². The highest BCUT2D eigenvalue weighted by atomic mass is 32.2. The highest BCUT2D eigenvalue weighted by Gasteiger charge is 2.42. The number of carbonyl (C=O) groups excluding carboxylic acids is 2. The average Bonchev–Trinajstić information content (AvgIpc) is 3.25. The summed E-state index contributed by atoms with van der Waals surface area (Å²) in [5.41, 5.74) is 7.80. The maximum absolute atomic E-state index is 13.5. The van der Waals surface area contributed by atoms with Gasteiger partial charge in [-0.25, -0.2) is 14.8 Å². The van der Waals surface area contributed by atoms with Gasteiger partial charge in [0.25, 0.3) is 0 Å². The normalized spacial score (nSPS) is 20.0. The number of nitrogens with one attached hydrogen (secondary N) is 3. The molecule has 0 spiro atoms. The van der Waals surface area contributed by atoms with Crippen molar-refractivity contribution in [2.24, 2.45) is 10.9 Å². The lowest BCUT2D eigenvalue weighted by Crippen LogP contribution is -2.49. The lowest BCUT2D eigenvalue weighted by atomic mass is 10.0. The van der Waals surface area contributed by atoms with Gasteiger partial charge in [0.1, 0.15) is 17.7 Å². The maximum atomic E-state index is 13.5. The Bertz CT molecular complexity index is 1050. The van der Waals surface area contributed by atoms with Gasteiger partial charge in [0.2, 0.25) is 11.8 Å². The number of benzene rings is 2. The number of thioether (sulfide) groups is 1. The molecule has 0 saturated carbocycles. The van der Waals surface area contributed by atoms with Crippen LogP contribution in [0, 0.1) is 18.7 Å². The molecule has 1 fully saturated rings. The van der Waals surface area contributed by atoms with E-state index in [1.165, 1.54) is 17.0 Å². The Morgan fingerprint density at radius 2 is 2.09 bits per heavy atom. The van der Waals surface area contributed by atoms with E-state index in [9.17, 15) is 14.0 Å². The largest absolute Gasteiger partial charge is 0.494 e. The predicted molar refractivity (Wildman–Crippen MR) is 123 cm³/mol. The number of hydrogen-bond acceptors (Lipinski definition) is 7. The Balaban J connectivity index is 1.52. The highest BCUT2D eigenvalue weighted by Crippen LogP contribution is 2.30. The summed E-state index contributed by atoms with van der Waals surface area (Å²) in [5, 5.41) is 3.14. The van der Waals surface area contributed by atoms with E-state index in [2.05, 4.69) is 21.2 Å². The van der Waals surface area contributed by atoms with Crippen molar-refractivity contribution in [2.45, 2.75) is 20.0 Å². The summed E-state index contributed by atoms with van der Waals surface area (Å²) in [6, 6.07) is 11.4. The van der Waals surface area contributed by atoms with E-state index in [-0.39, 0.29) is 23.5 Å². The van der Waals surface area contributed by atoms with Crippen LogP contribution in [-0.2, 0) is 9.59 Å². The highest BCUT2D eigenvalue weighted by molar-refractivity contribution is 8.14. The van der Waals surface area contributed by atoms with Crippen LogP contribution in [0.2, 0.25) is 0 Å². The molecule has 0 aliphatic carbocycles. The number of hydrogen-bond donors (Lipinski definition) is 3. The molecule has 2 unspecified atom stereocenters. The van der Waals surface area contributed by atoms with E-state index in [0.29, 0.717) is 35.4 Å². The molecule has 2 heterocycles. The molecule has 8 nitrogen and oxygen atoms in total. The molecular weight excluding hydrogens is 433 g/mol. The third kappa shape index (κ3) is 4.77. The molecule has 2 aliphatic heterocycles. The first-order valence-electron chi connectivity index (χ1n) is 10.3. The third-order valence-corrected chi connectivity index (χ3v) is 6.10. The third-order valence-electron chi connectivity index (χ3n) is 5.14. The number of anilines is 2. The summed E-state index contributed by atoms with van der Waals surface area (Å²) >= 11 is 1.16. The van der Waals surface area contributed by atoms with Crippen molar-refractivity contribution in [1.29, 1.82) is 0 Å². The number of ether oxygens (including phenoxy) is 1. The van der Waals surface area contributed by atoms with Crippen molar-refractivity contribution in [3.8, 4) is 5.75 Å². The number of halogens is 1. The summed E-state index contributed by atoms with van der Waals surface area (Å²) in [6.07, 6.45) is -0.391. The fourth-order valence-corrected chi connectivity index (χ4v) is 4.35. The van der Waals surface area contributed by atoms with Gasteiger partial charge in [-0.3, -0.25) is 19.9 Å². The number of carbonyl (C=O) groups is 2. The molecule has 10 heteroatoms. The maximum Gasteiger partial charge on any atom is 0.241 e. The molecule has 168 valence electrons. The topological polar surface area (TPSA) is 95.1 Å². The van der Waals surface area contributed by atoms with E-state index in [1.807, 2.05) is 6.92 Å². The van der Waals surface area contributed by atoms with E-state index in [1.54, 1.807) is 37.3 Å². The van der Waals surface area contributed by atoms with Gasteiger partial charge in [0, 0.05) is 12.2 Å². The molecule has 32 heavy (non-hydrogen) atoms. The minimum absolute atomic E-state index is 0.0143. The fourth-order valence-electron chi connectivity index (χ4n) is 3.51. The van der Waals surface area contributed by atoms with Crippen LogP contribution < -0.4 is 25.8 Å². The van der Waals surface area contributed by atoms with Crippen LogP contribution in [0.25, 0.3) is 0 Å². The van der Waals surface area contributed by atoms with Gasteiger partial charge in [-0.15, -0.1) is 0 Å². The van der Waals surface area contributed by atoms with Gasteiger partial charge in [-0.1, -0.05) is 17.8 Å². The second-order valence-electron chi connectivity index (χ2n) is 7.38. The number of amidine groups is 1. The molecule has 2 aromatic rings. The number of aryl methyl sites for hydroxylation is 1. The Morgan fingerprint density at radius 1 is 1.31 bits per heavy atom. The van der Waals surface area contributed by atoms with Gasteiger partial charge in [-0.05, 0) is 55.8 Å². The molecule has 0 radical (unpaired) electrons. The van der Waals surface area contributed by atoms with Crippen molar-refractivity contribution < 1.29 is 18.7 Å². The number of rotatable bonds is 6. The molecule has 0 aromatic heterocycles. The second-order valence-corrected chi connectivity index (χ2v) is 8.33. The molecule has 2 amide bonds. The first-order valence-corrected chi connectivity index (χ1v) is 11.3. The number of fused-ring (bicyclic) bond motifs is 1. The van der Waals surface area contributed by atoms with Crippen LogP contribution in [0.5, 0.6) is 5.75 Å². The van der Waals surface area contributed by atoms with Gasteiger partial charge in [0.15, 0.2) is 5.17 Å². The Morgan fingerprint density at radius 3 is 2.84 bits per heavy atom. The van der Waals surface area contributed by atoms with Crippen molar-refractivity contribution >= 4 is 40.1 Å². The monoisotopic (exact) mass is 457 g/mol. The molecule has 2 atom stereocenters. The fraction of sp³-hybridized carbons (Fsp3) is 0.318. The zero-order valence-electron chi connectivity index (χ0n) is 17.7. The minimum atomic E-state index is -0.423. The van der Waals surface area contributed by atoms with Crippen LogP contribution in [0.15, 0.2) is 47.5 Å². The summed E-state index contributed by atoms with van der Waals surface area (Å²) < 4.78 is 19.0. The zero-order valence-corrected chi connectivity index (χ0v) is 18.5. The number of hydrazine groups is 1. The quantitative estimate of drug-likeness (QED) is 0.618. The van der Waals surface area contributed by atoms with Crippen molar-refractivity contribution in [2.75, 3.05) is 29.1 Å². The van der Waals surface area contributed by atoms with Gasteiger partial charge >= 0.3 is 0 Å². The number of aliphatic imine (C=N–C) groups is 1. The summed E-state index contributed by atoms with van der Waals surface area (Å²) in [5.74, 6) is -0.456. The lowest BCUT2D eigenvalue weighted by Gasteiger charge is -2.32. The standard InChI is InChI=1S/C22H24FN5O3S/c1-3-31-16-8-6-15(7-9-16)28-21(30)17-11-24-27-20(17)26-22(28)32-12-19(29)25-18-10-14(23)5-4-13(18)2/h4-10,17,20,24,27H,3,11-12H2,1-2H3,(H,25,29). The van der Waals surface area contributed by atoms with Crippen LogP contribution in [0.3, 0.4) is 0 Å². The Hall–Kier alpha value is -2.95. The van der Waals surface area contributed by atoms with E-state index in [0.717, 1.165) is 17.3 Å². The lowest BCUT2D eigenvalue weighted by molar-refractivity contribution is -0.121. The van der Waals surface area contributed by atoms with Gasteiger partial charge < -0.3 is 10.1 Å². The smallest absolute Gasteiger partial charge is 0.241 e. The second kappa shape index (κ2) is 9.68. The first-order chi connectivity index (χ1) is 15.5. The predicted octanol–water partition coefficient (Wildman–Crippen LogP) is 2.66. The van der Waals surface area contributed by atoms with Gasteiger partial charge in [0.05, 0.1) is 24.0 Å². The average molecular weight is 458 g/mol. The SMILES string of the molecule is CCOc1ccc(N2C(=O)C3CNNC3N=C2SCC(=O)Nc2cc(F)ccc2C)cc1. The van der Waals surface area contributed by atoms with E-state index < -0.39 is 12.0 Å². The van der Waals surface area contributed by atoms with E-state index >= 15 is 0 Å². The molecule has 2 aromatic carbocycles. The van der Waals surface area contributed by atoms with Crippen molar-refractivity contribution in [3.05, 3.63) is 53.8 Å². The van der Waals surface area contributed by atoms with Crippen LogP contribution in [0.4, 0.5) is 15.8 Å². The zero-order chi connectivity index (χ0) is 22.7. The Kier molecular flexibility index (Phi) is 6.73. The molecular formula is C22H24FN5O3S. The summed E-state index contributed by atoms with van der Waals surface area (Å²) in [6.45, 7) is 4.71. The van der Waals surface area contributed by atoms with Gasteiger partial charge in [-0.2, -0.15) is 0 Å². The van der Waals surface area contributed by atoms with Crippen molar-refractivity contribution in [3.63, 3.8) is 0 Å². The minimum Gasteiger partial charge on any atom is -0.494 e. The van der Waals surface area contributed by atoms with Crippen LogP contribution >= 0.6 is 11.8 Å². The number of amides is 2. The van der Waals surface area contributed by atoms with E-state index in [4.69, 9.17) is 4.74 Å². The van der Waals surface area contributed by atoms with Crippen LogP contribution in [0.1, 0.15) is 12.5 Å². The summed E-state index contributed by atoms with van der Waals surface area (Å²) in [4.78, 5) is 32.0. The molecule has 0 bridgehead atoms. The molecule has 1 saturated heterocycles. The number of nitrogens with zero attached hydrogens (tertiary/aromatic N) is 2.